The van der Waals surface area contributed by atoms with Crippen molar-refractivity contribution in [3.05, 3.63) is 35.1 Å². The van der Waals surface area contributed by atoms with Crippen molar-refractivity contribution in [1.29, 1.82) is 0 Å². The third kappa shape index (κ3) is 3.68. The van der Waals surface area contributed by atoms with Crippen LogP contribution in [0.1, 0.15) is 36.4 Å². The van der Waals surface area contributed by atoms with Gasteiger partial charge in [0.05, 0.1) is 5.56 Å². The lowest BCUT2D eigenvalue weighted by molar-refractivity contribution is -0.140. The molecule has 0 aliphatic heterocycles. The third-order valence-corrected chi connectivity index (χ3v) is 2.70. The summed E-state index contributed by atoms with van der Waals surface area (Å²) in [5, 5.41) is 0. The molecule has 6 heteroatoms. The van der Waals surface area contributed by atoms with Crippen molar-refractivity contribution >= 4 is 0 Å². The Hall–Kier alpha value is -1.14. The number of alkyl halides is 3. The Bertz CT molecular complexity index is 390. The normalized spacial score (nSPS) is 13.7. The minimum Gasteiger partial charge on any atom is -0.330 e. The van der Waals surface area contributed by atoms with Gasteiger partial charge in [0, 0.05) is 6.04 Å². The average molecular weight is 264 g/mol. The van der Waals surface area contributed by atoms with E-state index in [2.05, 4.69) is 0 Å². The highest BCUT2D eigenvalue weighted by Gasteiger charge is 2.37. The molecule has 1 aromatic rings. The lowest BCUT2D eigenvalue weighted by Gasteiger charge is -2.18. The SMILES string of the molecule is NCCCC[C@H](N)c1cccc(F)c1C(F)(F)F. The Morgan fingerprint density at radius 3 is 2.39 bits per heavy atom. The Morgan fingerprint density at radius 1 is 1.17 bits per heavy atom. The minimum atomic E-state index is -4.73. The number of hydrogen-bond acceptors (Lipinski definition) is 2. The summed E-state index contributed by atoms with van der Waals surface area (Å²) in [5.41, 5.74) is 9.54. The minimum absolute atomic E-state index is 0.195. The van der Waals surface area contributed by atoms with Crippen molar-refractivity contribution in [2.24, 2.45) is 11.5 Å². The van der Waals surface area contributed by atoms with Crippen LogP contribution in [-0.4, -0.2) is 6.54 Å². The fourth-order valence-corrected chi connectivity index (χ4v) is 1.81. The average Bonchev–Trinajstić information content (AvgIpc) is 2.27. The third-order valence-electron chi connectivity index (χ3n) is 2.70. The molecule has 0 saturated heterocycles. The molecule has 0 saturated carbocycles. The second-order valence-corrected chi connectivity index (χ2v) is 4.09. The molecule has 0 amide bonds. The summed E-state index contributed by atoms with van der Waals surface area (Å²) >= 11 is 0. The Balaban J connectivity index is 2.97. The first-order valence-corrected chi connectivity index (χ1v) is 5.69. The fraction of sp³-hybridized carbons (Fsp3) is 0.500. The topological polar surface area (TPSA) is 52.0 Å². The molecule has 0 heterocycles. The molecule has 4 N–H and O–H groups in total. The van der Waals surface area contributed by atoms with Gasteiger partial charge >= 0.3 is 6.18 Å². The second-order valence-electron chi connectivity index (χ2n) is 4.09. The zero-order valence-electron chi connectivity index (χ0n) is 9.80. The molecule has 0 aromatic heterocycles. The van der Waals surface area contributed by atoms with Gasteiger partial charge in [-0.25, -0.2) is 4.39 Å². The molecule has 18 heavy (non-hydrogen) atoms. The number of benzene rings is 1. The molecule has 0 spiro atoms. The van der Waals surface area contributed by atoms with Gasteiger partial charge in [0.2, 0.25) is 0 Å². The first-order chi connectivity index (χ1) is 8.38. The summed E-state index contributed by atoms with van der Waals surface area (Å²) in [6.45, 7) is 0.460. The highest BCUT2D eigenvalue weighted by molar-refractivity contribution is 5.33. The quantitative estimate of drug-likeness (QED) is 0.634. The molecular formula is C12H16F4N2. The zero-order valence-corrected chi connectivity index (χ0v) is 9.80. The maximum absolute atomic E-state index is 13.3. The smallest absolute Gasteiger partial charge is 0.330 e. The maximum Gasteiger partial charge on any atom is 0.419 e. The van der Waals surface area contributed by atoms with E-state index in [1.54, 1.807) is 0 Å². The van der Waals surface area contributed by atoms with Crippen LogP contribution in [-0.2, 0) is 6.18 Å². The first kappa shape index (κ1) is 14.9. The van der Waals surface area contributed by atoms with E-state index in [9.17, 15) is 17.6 Å². The van der Waals surface area contributed by atoms with Gasteiger partial charge in [0.1, 0.15) is 5.82 Å². The van der Waals surface area contributed by atoms with E-state index in [1.807, 2.05) is 0 Å². The number of nitrogens with two attached hydrogens (primary N) is 2. The van der Waals surface area contributed by atoms with Crippen LogP contribution < -0.4 is 11.5 Å². The molecule has 0 aliphatic rings. The maximum atomic E-state index is 13.3. The van der Waals surface area contributed by atoms with Crippen molar-refractivity contribution in [3.8, 4) is 0 Å². The number of hydrogen-bond donors (Lipinski definition) is 2. The summed E-state index contributed by atoms with van der Waals surface area (Å²) in [6, 6.07) is 2.42. The predicted octanol–water partition coefficient (Wildman–Crippen LogP) is 2.97. The summed E-state index contributed by atoms with van der Waals surface area (Å²) in [7, 11) is 0. The van der Waals surface area contributed by atoms with Gasteiger partial charge in [-0.3, -0.25) is 0 Å². The van der Waals surface area contributed by atoms with Crippen LogP contribution in [0.25, 0.3) is 0 Å². The van der Waals surface area contributed by atoms with E-state index in [0.717, 1.165) is 6.07 Å². The van der Waals surface area contributed by atoms with Crippen LogP contribution in [0.15, 0.2) is 18.2 Å². The van der Waals surface area contributed by atoms with Crippen LogP contribution in [0.4, 0.5) is 17.6 Å². The Morgan fingerprint density at radius 2 is 1.83 bits per heavy atom. The van der Waals surface area contributed by atoms with Crippen LogP contribution in [0, 0.1) is 5.82 Å². The van der Waals surface area contributed by atoms with Crippen molar-refractivity contribution in [3.63, 3.8) is 0 Å². The lowest BCUT2D eigenvalue weighted by Crippen LogP contribution is -2.19. The van der Waals surface area contributed by atoms with E-state index < -0.39 is 23.6 Å². The molecule has 0 bridgehead atoms. The van der Waals surface area contributed by atoms with E-state index in [-0.39, 0.29) is 5.56 Å². The van der Waals surface area contributed by atoms with Crippen LogP contribution in [0.3, 0.4) is 0 Å². The number of rotatable bonds is 5. The van der Waals surface area contributed by atoms with Gasteiger partial charge < -0.3 is 11.5 Å². The molecular weight excluding hydrogens is 248 g/mol. The molecule has 1 aromatic carbocycles. The van der Waals surface area contributed by atoms with E-state index >= 15 is 0 Å². The fourth-order valence-electron chi connectivity index (χ4n) is 1.81. The molecule has 1 atom stereocenters. The van der Waals surface area contributed by atoms with Crippen molar-refractivity contribution in [2.75, 3.05) is 6.54 Å². The van der Waals surface area contributed by atoms with Gasteiger partial charge in [0.25, 0.3) is 0 Å². The Kier molecular flexibility index (Phi) is 5.10. The number of halogens is 4. The first-order valence-electron chi connectivity index (χ1n) is 5.69. The van der Waals surface area contributed by atoms with E-state index in [0.29, 0.717) is 25.8 Å². The van der Waals surface area contributed by atoms with Crippen molar-refractivity contribution in [2.45, 2.75) is 31.5 Å². The summed E-state index contributed by atoms with van der Waals surface area (Å²) in [6.07, 6.45) is -3.08. The summed E-state index contributed by atoms with van der Waals surface area (Å²) < 4.78 is 51.5. The van der Waals surface area contributed by atoms with Crippen molar-refractivity contribution < 1.29 is 17.6 Å². The molecule has 0 unspecified atom stereocenters. The highest BCUT2D eigenvalue weighted by atomic mass is 19.4. The van der Waals surface area contributed by atoms with Gasteiger partial charge in [0.15, 0.2) is 0 Å². The van der Waals surface area contributed by atoms with Gasteiger partial charge in [-0.1, -0.05) is 18.6 Å². The predicted molar refractivity (Wildman–Crippen MR) is 61.2 cm³/mol. The summed E-state index contributed by atoms with van der Waals surface area (Å²) in [4.78, 5) is 0. The molecule has 102 valence electrons. The van der Waals surface area contributed by atoms with Gasteiger partial charge in [-0.2, -0.15) is 13.2 Å². The monoisotopic (exact) mass is 264 g/mol. The van der Waals surface area contributed by atoms with Gasteiger partial charge in [-0.15, -0.1) is 0 Å². The van der Waals surface area contributed by atoms with Crippen LogP contribution in [0.5, 0.6) is 0 Å². The van der Waals surface area contributed by atoms with Crippen LogP contribution in [0.2, 0.25) is 0 Å². The zero-order chi connectivity index (χ0) is 13.8. The molecule has 1 rings (SSSR count). The van der Waals surface area contributed by atoms with Crippen molar-refractivity contribution in [1.82, 2.24) is 0 Å². The largest absolute Gasteiger partial charge is 0.419 e. The van der Waals surface area contributed by atoms with Crippen LogP contribution >= 0.6 is 0 Å². The van der Waals surface area contributed by atoms with E-state index in [4.69, 9.17) is 11.5 Å². The Labute approximate surface area is 103 Å². The van der Waals surface area contributed by atoms with Gasteiger partial charge in [-0.05, 0) is 31.0 Å². The number of unbranched alkanes of at least 4 members (excludes halogenated alkanes) is 1. The molecule has 0 aliphatic carbocycles. The highest BCUT2D eigenvalue weighted by Crippen LogP contribution is 2.36. The standard InChI is InChI=1S/C12H16F4N2/c13-9-5-3-4-8(11(9)12(14,15)16)10(18)6-1-2-7-17/h3-5,10H,1-2,6-7,17-18H2/t10-/m0/s1. The molecule has 2 nitrogen and oxygen atoms in total. The molecule has 0 fully saturated rings. The lowest BCUT2D eigenvalue weighted by atomic mass is 9.96. The molecule has 0 radical (unpaired) electrons. The second kappa shape index (κ2) is 6.15. The summed E-state index contributed by atoms with van der Waals surface area (Å²) in [5.74, 6) is -1.28. The van der Waals surface area contributed by atoms with E-state index in [1.165, 1.54) is 12.1 Å².